The number of rotatable bonds is 5. The number of nitro groups is 1. The van der Waals surface area contributed by atoms with Crippen molar-refractivity contribution in [1.82, 2.24) is 4.90 Å². The summed E-state index contributed by atoms with van der Waals surface area (Å²) in [7, 11) is 1.96. The maximum Gasteiger partial charge on any atom is 0.324 e. The quantitative estimate of drug-likeness (QED) is 0.612. The molecule has 0 saturated carbocycles. The van der Waals surface area contributed by atoms with Crippen molar-refractivity contribution in [3.8, 4) is 0 Å². The number of nitrogens with zero attached hydrogens (tertiary/aromatic N) is 2. The Morgan fingerprint density at radius 1 is 1.73 bits per heavy atom. The van der Waals surface area contributed by atoms with Crippen LogP contribution in [0.2, 0.25) is 0 Å². The summed E-state index contributed by atoms with van der Waals surface area (Å²) >= 11 is 1.16. The van der Waals surface area contributed by atoms with Gasteiger partial charge in [0.1, 0.15) is 0 Å². The van der Waals surface area contributed by atoms with Gasteiger partial charge in [-0.2, -0.15) is 0 Å². The molecule has 5 nitrogen and oxygen atoms in total. The summed E-state index contributed by atoms with van der Waals surface area (Å²) in [4.78, 5) is 12.2. The maximum atomic E-state index is 10.5. The zero-order valence-corrected chi connectivity index (χ0v) is 9.66. The first kappa shape index (κ1) is 12.1. The monoisotopic (exact) mass is 229 g/mol. The van der Waals surface area contributed by atoms with E-state index in [1.807, 2.05) is 19.4 Å². The van der Waals surface area contributed by atoms with Crippen LogP contribution in [0.25, 0.3) is 0 Å². The minimum Gasteiger partial charge on any atom is -0.329 e. The van der Waals surface area contributed by atoms with Crippen molar-refractivity contribution in [3.05, 3.63) is 27.1 Å². The van der Waals surface area contributed by atoms with Crippen LogP contribution in [0.15, 0.2) is 11.4 Å². The van der Waals surface area contributed by atoms with Crippen LogP contribution < -0.4 is 5.73 Å². The van der Waals surface area contributed by atoms with Crippen molar-refractivity contribution < 1.29 is 4.92 Å². The van der Waals surface area contributed by atoms with Gasteiger partial charge >= 0.3 is 5.00 Å². The van der Waals surface area contributed by atoms with E-state index in [0.717, 1.165) is 16.9 Å². The minimum absolute atomic E-state index is 0.193. The largest absolute Gasteiger partial charge is 0.329 e. The topological polar surface area (TPSA) is 72.4 Å². The lowest BCUT2D eigenvalue weighted by Gasteiger charge is -2.22. The van der Waals surface area contributed by atoms with Crippen molar-refractivity contribution in [2.75, 3.05) is 13.6 Å². The molecule has 0 amide bonds. The van der Waals surface area contributed by atoms with Crippen molar-refractivity contribution in [3.63, 3.8) is 0 Å². The Hall–Kier alpha value is -0.980. The second-order valence-corrected chi connectivity index (χ2v) is 4.44. The molecule has 2 N–H and O–H groups in total. The van der Waals surface area contributed by atoms with Crippen LogP contribution in [0, 0.1) is 10.1 Å². The van der Waals surface area contributed by atoms with E-state index in [9.17, 15) is 10.1 Å². The summed E-state index contributed by atoms with van der Waals surface area (Å²) in [5.74, 6) is 0. The Bertz CT molecular complexity index is 340. The summed E-state index contributed by atoms with van der Waals surface area (Å²) in [6.45, 7) is 3.31. The van der Waals surface area contributed by atoms with Gasteiger partial charge in [0.15, 0.2) is 0 Å². The van der Waals surface area contributed by atoms with Gasteiger partial charge in [0, 0.05) is 30.6 Å². The van der Waals surface area contributed by atoms with E-state index in [4.69, 9.17) is 5.73 Å². The highest BCUT2D eigenvalue weighted by molar-refractivity contribution is 7.13. The molecule has 0 aliphatic rings. The lowest BCUT2D eigenvalue weighted by molar-refractivity contribution is -0.380. The number of likely N-dealkylation sites (N-methyl/N-ethyl adjacent to an activating group) is 1. The van der Waals surface area contributed by atoms with E-state index in [1.54, 1.807) is 6.07 Å². The molecule has 1 aromatic rings. The minimum atomic E-state index is -0.361. The second-order valence-electron chi connectivity index (χ2n) is 3.55. The number of hydrogen-bond donors (Lipinski definition) is 1. The van der Waals surface area contributed by atoms with Crippen LogP contribution in [0.1, 0.15) is 12.5 Å². The summed E-state index contributed by atoms with van der Waals surface area (Å²) in [5.41, 5.74) is 6.50. The van der Waals surface area contributed by atoms with E-state index in [0.29, 0.717) is 13.1 Å². The average molecular weight is 229 g/mol. The molecule has 0 saturated heterocycles. The molecule has 0 aliphatic heterocycles. The van der Waals surface area contributed by atoms with E-state index in [-0.39, 0.29) is 16.0 Å². The lowest BCUT2D eigenvalue weighted by atomic mass is 10.2. The fourth-order valence-corrected chi connectivity index (χ4v) is 1.89. The number of thiophene rings is 1. The first-order chi connectivity index (χ1) is 7.04. The van der Waals surface area contributed by atoms with Crippen LogP contribution in [0.5, 0.6) is 0 Å². The van der Waals surface area contributed by atoms with Crippen LogP contribution in [0.4, 0.5) is 5.00 Å². The third kappa shape index (κ3) is 3.26. The molecule has 0 bridgehead atoms. The number of nitrogens with two attached hydrogens (primary N) is 1. The molecule has 0 aromatic carbocycles. The Balaban J connectivity index is 2.61. The molecule has 0 spiro atoms. The van der Waals surface area contributed by atoms with Crippen molar-refractivity contribution in [2.24, 2.45) is 5.73 Å². The van der Waals surface area contributed by atoms with E-state index in [1.165, 1.54) is 0 Å². The van der Waals surface area contributed by atoms with Crippen LogP contribution in [-0.2, 0) is 6.54 Å². The third-order valence-corrected chi connectivity index (χ3v) is 3.27. The highest BCUT2D eigenvalue weighted by atomic mass is 32.1. The van der Waals surface area contributed by atoms with Gasteiger partial charge in [0.2, 0.25) is 0 Å². The lowest BCUT2D eigenvalue weighted by Crippen LogP contribution is -2.34. The zero-order chi connectivity index (χ0) is 11.4. The average Bonchev–Trinajstić information content (AvgIpc) is 2.65. The summed E-state index contributed by atoms with van der Waals surface area (Å²) in [6, 6.07) is 1.90. The van der Waals surface area contributed by atoms with Gasteiger partial charge in [-0.15, -0.1) is 0 Å². The normalized spacial score (nSPS) is 13.1. The molecule has 0 fully saturated rings. The predicted octanol–water partition coefficient (Wildman–Crippen LogP) is 1.44. The van der Waals surface area contributed by atoms with Gasteiger partial charge in [-0.05, 0) is 19.5 Å². The summed E-state index contributed by atoms with van der Waals surface area (Å²) < 4.78 is 0. The first-order valence-electron chi connectivity index (χ1n) is 4.66. The molecule has 15 heavy (non-hydrogen) atoms. The third-order valence-electron chi connectivity index (χ3n) is 2.35. The second kappa shape index (κ2) is 5.20. The molecule has 1 rings (SSSR count). The fraction of sp³-hybridized carbons (Fsp3) is 0.556. The summed E-state index contributed by atoms with van der Waals surface area (Å²) in [5, 5.41) is 12.5. The summed E-state index contributed by atoms with van der Waals surface area (Å²) in [6.07, 6.45) is 0. The predicted molar refractivity (Wildman–Crippen MR) is 61.0 cm³/mol. The Labute approximate surface area is 92.6 Å². The maximum absolute atomic E-state index is 10.5. The van der Waals surface area contributed by atoms with Crippen LogP contribution in [-0.4, -0.2) is 29.5 Å². The van der Waals surface area contributed by atoms with Gasteiger partial charge in [-0.25, -0.2) is 0 Å². The van der Waals surface area contributed by atoms with Crippen LogP contribution in [0.3, 0.4) is 0 Å². The smallest absolute Gasteiger partial charge is 0.324 e. The molecular formula is C9H15N3O2S. The zero-order valence-electron chi connectivity index (χ0n) is 8.84. The molecule has 0 radical (unpaired) electrons. The van der Waals surface area contributed by atoms with E-state index < -0.39 is 0 Å². The SMILES string of the molecule is CC(CN)N(C)Cc1csc([N+](=O)[O-])c1. The number of hydrogen-bond acceptors (Lipinski definition) is 5. The van der Waals surface area contributed by atoms with Gasteiger partial charge in [0.25, 0.3) is 0 Å². The standard InChI is InChI=1S/C9H15N3O2S/c1-7(4-10)11(2)5-8-3-9(12(13)14)15-6-8/h3,6-7H,4-5,10H2,1-2H3. The van der Waals surface area contributed by atoms with E-state index >= 15 is 0 Å². The molecular weight excluding hydrogens is 214 g/mol. The first-order valence-corrected chi connectivity index (χ1v) is 5.54. The fourth-order valence-electron chi connectivity index (χ4n) is 1.17. The van der Waals surface area contributed by atoms with Crippen LogP contribution >= 0.6 is 11.3 Å². The van der Waals surface area contributed by atoms with Crippen molar-refractivity contribution in [1.29, 1.82) is 0 Å². The molecule has 84 valence electrons. The van der Waals surface area contributed by atoms with Gasteiger partial charge < -0.3 is 5.73 Å². The molecule has 1 aromatic heterocycles. The molecule has 0 aliphatic carbocycles. The Kier molecular flexibility index (Phi) is 4.19. The highest BCUT2D eigenvalue weighted by Gasteiger charge is 2.13. The van der Waals surface area contributed by atoms with Gasteiger partial charge in [0.05, 0.1) is 4.92 Å². The Morgan fingerprint density at radius 3 is 2.87 bits per heavy atom. The molecule has 1 unspecified atom stereocenters. The van der Waals surface area contributed by atoms with Gasteiger partial charge in [-0.1, -0.05) is 11.3 Å². The van der Waals surface area contributed by atoms with Crippen molar-refractivity contribution >= 4 is 16.3 Å². The van der Waals surface area contributed by atoms with Crippen molar-refractivity contribution in [2.45, 2.75) is 19.5 Å². The molecule has 1 atom stereocenters. The van der Waals surface area contributed by atoms with Gasteiger partial charge in [-0.3, -0.25) is 15.0 Å². The molecule has 6 heteroatoms. The molecule has 1 heterocycles. The van der Waals surface area contributed by atoms with E-state index in [2.05, 4.69) is 4.90 Å². The highest BCUT2D eigenvalue weighted by Crippen LogP contribution is 2.23. The Morgan fingerprint density at radius 2 is 2.40 bits per heavy atom.